The fourth-order valence-electron chi connectivity index (χ4n) is 1.62. The fourth-order valence-corrected chi connectivity index (χ4v) is 1.82. The van der Waals surface area contributed by atoms with Crippen LogP contribution >= 0.6 is 15.9 Å². The van der Waals surface area contributed by atoms with Gasteiger partial charge < -0.3 is 10.2 Å². The number of rotatable bonds is 2. The largest absolute Gasteiger partial charge is 0.392 e. The lowest BCUT2D eigenvalue weighted by Crippen LogP contribution is -2.26. The first-order chi connectivity index (χ1) is 8.23. The molecule has 0 saturated carbocycles. The average Bonchev–Trinajstić information content (AvgIpc) is 2.67. The third-order valence-corrected chi connectivity index (χ3v) is 2.77. The van der Waals surface area contributed by atoms with Crippen molar-refractivity contribution >= 4 is 15.9 Å². The van der Waals surface area contributed by atoms with Crippen LogP contribution in [-0.2, 0) is 0 Å². The van der Waals surface area contributed by atoms with Crippen LogP contribution in [0.2, 0.25) is 0 Å². The van der Waals surface area contributed by atoms with Gasteiger partial charge in [0.05, 0.1) is 11.9 Å². The molecule has 1 atom stereocenters. The van der Waals surface area contributed by atoms with E-state index in [1.165, 1.54) is 0 Å². The predicted octanol–water partition coefficient (Wildman–Crippen LogP) is 1.78. The van der Waals surface area contributed by atoms with Gasteiger partial charge in [0, 0.05) is 12.0 Å². The van der Waals surface area contributed by atoms with Crippen LogP contribution in [0.1, 0.15) is 19.3 Å². The molecule has 1 aliphatic carbocycles. The minimum Gasteiger partial charge on any atom is -0.392 e. The first-order valence-corrected chi connectivity index (χ1v) is 6.57. The molecule has 0 bridgehead atoms. The van der Waals surface area contributed by atoms with Gasteiger partial charge in [-0.05, 0) is 18.9 Å². The number of allylic oxidation sites excluding steroid dienone is 2. The van der Waals surface area contributed by atoms with E-state index in [1.54, 1.807) is 12.2 Å². The van der Waals surface area contributed by atoms with E-state index in [2.05, 4.69) is 39.6 Å². The Labute approximate surface area is 111 Å². The van der Waals surface area contributed by atoms with Crippen LogP contribution in [-0.4, -0.2) is 27.8 Å². The highest BCUT2D eigenvalue weighted by Gasteiger charge is 2.33. The van der Waals surface area contributed by atoms with Crippen molar-refractivity contribution in [3.8, 4) is 23.7 Å². The van der Waals surface area contributed by atoms with E-state index in [0.29, 0.717) is 18.2 Å². The molecule has 1 unspecified atom stereocenters. The van der Waals surface area contributed by atoms with Gasteiger partial charge in [0.2, 0.25) is 0 Å². The summed E-state index contributed by atoms with van der Waals surface area (Å²) in [5.74, 6) is 11.5. The molecule has 0 aromatic rings. The summed E-state index contributed by atoms with van der Waals surface area (Å²) in [5.41, 5.74) is -0.154. The Morgan fingerprint density at radius 1 is 1.47 bits per heavy atom. The highest BCUT2D eigenvalue weighted by Crippen LogP contribution is 2.32. The van der Waals surface area contributed by atoms with E-state index in [0.717, 1.165) is 12.0 Å². The zero-order valence-corrected chi connectivity index (χ0v) is 11.1. The Balaban J connectivity index is 2.69. The van der Waals surface area contributed by atoms with E-state index >= 15 is 0 Å². The number of alkyl halides is 1. The van der Waals surface area contributed by atoms with Crippen LogP contribution in [0.15, 0.2) is 23.8 Å². The molecule has 2 nitrogen and oxygen atoms in total. The van der Waals surface area contributed by atoms with E-state index in [9.17, 15) is 5.11 Å². The lowest BCUT2D eigenvalue weighted by Gasteiger charge is -2.20. The molecule has 0 radical (unpaired) electrons. The van der Waals surface area contributed by atoms with Crippen molar-refractivity contribution in [3.05, 3.63) is 23.8 Å². The molecule has 0 aliphatic heterocycles. The van der Waals surface area contributed by atoms with Crippen molar-refractivity contribution in [2.45, 2.75) is 24.9 Å². The van der Waals surface area contributed by atoms with Crippen LogP contribution in [0, 0.1) is 23.7 Å². The van der Waals surface area contributed by atoms with E-state index in [-0.39, 0.29) is 6.61 Å². The quantitative estimate of drug-likeness (QED) is 0.602. The standard InChI is InChI=1S/C14H15BrO2/c15-11-4-3-9-14(17)10-6-8-13(14)7-2-1-5-12-16/h1,5,8,16-17H,6,9-12H2. The maximum absolute atomic E-state index is 10.4. The third-order valence-electron chi connectivity index (χ3n) is 2.49. The van der Waals surface area contributed by atoms with Gasteiger partial charge in [0.1, 0.15) is 5.60 Å². The third kappa shape index (κ3) is 4.40. The summed E-state index contributed by atoms with van der Waals surface area (Å²) in [5, 5.41) is 19.6. The smallest absolute Gasteiger partial charge is 0.108 e. The summed E-state index contributed by atoms with van der Waals surface area (Å²) in [6.45, 7) is -0.0191. The summed E-state index contributed by atoms with van der Waals surface area (Å²) in [6, 6.07) is 0. The molecular weight excluding hydrogens is 280 g/mol. The average molecular weight is 295 g/mol. The molecule has 0 heterocycles. The van der Waals surface area contributed by atoms with Gasteiger partial charge in [-0.3, -0.25) is 0 Å². The summed E-state index contributed by atoms with van der Waals surface area (Å²) in [6.07, 6.45) is 7.03. The van der Waals surface area contributed by atoms with Crippen molar-refractivity contribution in [2.24, 2.45) is 0 Å². The first kappa shape index (κ1) is 14.1. The van der Waals surface area contributed by atoms with Gasteiger partial charge in [-0.15, -0.1) is 0 Å². The molecule has 1 rings (SSSR count). The Bertz CT molecular complexity index is 429. The summed E-state index contributed by atoms with van der Waals surface area (Å²) in [4.78, 5) is 0. The molecule has 0 aromatic carbocycles. The molecular formula is C14H15BrO2. The molecule has 0 saturated heterocycles. The second-order valence-electron chi connectivity index (χ2n) is 3.71. The Morgan fingerprint density at radius 3 is 3.00 bits per heavy atom. The van der Waals surface area contributed by atoms with Gasteiger partial charge in [-0.1, -0.05) is 51.8 Å². The number of hydrogen-bond acceptors (Lipinski definition) is 2. The Morgan fingerprint density at radius 2 is 2.29 bits per heavy atom. The highest BCUT2D eigenvalue weighted by molar-refractivity contribution is 9.09. The number of aliphatic hydroxyl groups is 2. The monoisotopic (exact) mass is 294 g/mol. The topological polar surface area (TPSA) is 40.5 Å². The molecule has 2 N–H and O–H groups in total. The number of halogens is 1. The van der Waals surface area contributed by atoms with E-state index in [4.69, 9.17) is 5.11 Å². The van der Waals surface area contributed by atoms with Gasteiger partial charge in [0.15, 0.2) is 0 Å². The minimum absolute atomic E-state index is 0.0191. The van der Waals surface area contributed by atoms with E-state index < -0.39 is 5.60 Å². The fraction of sp³-hybridized carbons (Fsp3) is 0.429. The lowest BCUT2D eigenvalue weighted by atomic mass is 9.92. The van der Waals surface area contributed by atoms with Gasteiger partial charge in [-0.25, -0.2) is 0 Å². The molecule has 0 aromatic heterocycles. The maximum Gasteiger partial charge on any atom is 0.108 e. The van der Waals surface area contributed by atoms with Crippen LogP contribution < -0.4 is 0 Å². The second-order valence-corrected chi connectivity index (χ2v) is 4.27. The number of aliphatic hydroxyl groups excluding tert-OH is 1. The van der Waals surface area contributed by atoms with E-state index in [1.807, 2.05) is 6.08 Å². The van der Waals surface area contributed by atoms with Crippen molar-refractivity contribution in [1.29, 1.82) is 0 Å². The second kappa shape index (κ2) is 7.35. The molecule has 90 valence electrons. The summed E-state index contributed by atoms with van der Waals surface area (Å²) in [7, 11) is 0. The zero-order chi connectivity index (χ0) is 12.6. The molecule has 0 amide bonds. The zero-order valence-electron chi connectivity index (χ0n) is 9.54. The van der Waals surface area contributed by atoms with Crippen LogP contribution in [0.4, 0.5) is 0 Å². The molecule has 3 heteroatoms. The van der Waals surface area contributed by atoms with Crippen LogP contribution in [0.25, 0.3) is 0 Å². The predicted molar refractivity (Wildman–Crippen MR) is 72.5 cm³/mol. The van der Waals surface area contributed by atoms with Gasteiger partial charge in [0.25, 0.3) is 0 Å². The minimum atomic E-state index is -0.894. The molecule has 0 spiro atoms. The molecule has 0 fully saturated rings. The highest BCUT2D eigenvalue weighted by atomic mass is 79.9. The summed E-state index contributed by atoms with van der Waals surface area (Å²) >= 11 is 3.22. The lowest BCUT2D eigenvalue weighted by molar-refractivity contribution is 0.0893. The van der Waals surface area contributed by atoms with Crippen molar-refractivity contribution in [2.75, 3.05) is 11.9 Å². The van der Waals surface area contributed by atoms with Crippen LogP contribution in [0.3, 0.4) is 0 Å². The molecule has 1 aliphatic rings. The van der Waals surface area contributed by atoms with Crippen molar-refractivity contribution < 1.29 is 10.2 Å². The first-order valence-electron chi connectivity index (χ1n) is 5.45. The Kier molecular flexibility index (Phi) is 6.08. The van der Waals surface area contributed by atoms with Gasteiger partial charge in [-0.2, -0.15) is 0 Å². The number of hydrogen-bond donors (Lipinski definition) is 2. The normalized spacial score (nSPS) is 22.6. The van der Waals surface area contributed by atoms with Crippen LogP contribution in [0.5, 0.6) is 0 Å². The Hall–Kier alpha value is -1.00. The van der Waals surface area contributed by atoms with Crippen molar-refractivity contribution in [1.82, 2.24) is 0 Å². The summed E-state index contributed by atoms with van der Waals surface area (Å²) < 4.78 is 0. The SMILES string of the molecule is OCC=CC#CC1=CCCC1(O)CC#CCBr. The van der Waals surface area contributed by atoms with Crippen molar-refractivity contribution in [3.63, 3.8) is 0 Å². The molecule has 17 heavy (non-hydrogen) atoms. The van der Waals surface area contributed by atoms with Gasteiger partial charge >= 0.3 is 0 Å². The maximum atomic E-state index is 10.4.